The summed E-state index contributed by atoms with van der Waals surface area (Å²) in [5.41, 5.74) is -0.0766. The second-order valence-electron chi connectivity index (χ2n) is 6.17. The summed E-state index contributed by atoms with van der Waals surface area (Å²) >= 11 is 5.99. The number of nitro groups is 1. The summed E-state index contributed by atoms with van der Waals surface area (Å²) in [6.07, 6.45) is 2.02. The highest BCUT2D eigenvalue weighted by Crippen LogP contribution is 2.59. The normalized spacial score (nSPS) is 22.0. The SMILES string of the molecule is O=C(O)C1CC12CCN(C(=O)c1ccc([N+](=O)[O-])cc1Cl)CC2. The lowest BCUT2D eigenvalue weighted by Crippen LogP contribution is -2.40. The van der Waals surface area contributed by atoms with Crippen molar-refractivity contribution in [2.24, 2.45) is 11.3 Å². The van der Waals surface area contributed by atoms with Gasteiger partial charge in [-0.15, -0.1) is 0 Å². The van der Waals surface area contributed by atoms with Crippen LogP contribution in [0.25, 0.3) is 0 Å². The maximum atomic E-state index is 12.5. The topological polar surface area (TPSA) is 101 Å². The zero-order chi connectivity index (χ0) is 16.8. The lowest BCUT2D eigenvalue weighted by atomic mass is 9.90. The minimum Gasteiger partial charge on any atom is -0.481 e. The molecule has 1 aromatic rings. The Hall–Kier alpha value is -2.15. The number of piperidine rings is 1. The molecule has 1 unspecified atom stereocenters. The van der Waals surface area contributed by atoms with Crippen molar-refractivity contribution in [3.05, 3.63) is 38.9 Å². The third-order valence-corrected chi connectivity index (χ3v) is 5.24. The standard InChI is InChI=1S/C15H15ClN2O5/c16-12-7-9(18(22)23)1-2-10(12)13(19)17-5-3-15(4-6-17)8-11(15)14(20)21/h1-2,7,11H,3-6,8H2,(H,20,21). The molecule has 1 spiro atoms. The molecule has 1 saturated heterocycles. The summed E-state index contributed by atoms with van der Waals surface area (Å²) in [5, 5.41) is 19.8. The predicted molar refractivity (Wildman–Crippen MR) is 81.4 cm³/mol. The van der Waals surface area contributed by atoms with Gasteiger partial charge in [-0.25, -0.2) is 0 Å². The van der Waals surface area contributed by atoms with Crippen molar-refractivity contribution in [3.8, 4) is 0 Å². The number of nitro benzene ring substituents is 1. The molecule has 0 bridgehead atoms. The molecule has 2 aliphatic rings. The molecule has 1 aliphatic heterocycles. The van der Waals surface area contributed by atoms with Gasteiger partial charge in [0.05, 0.1) is 21.4 Å². The molecule has 1 amide bonds. The van der Waals surface area contributed by atoms with E-state index in [9.17, 15) is 19.7 Å². The van der Waals surface area contributed by atoms with Gasteiger partial charge in [-0.05, 0) is 30.7 Å². The van der Waals surface area contributed by atoms with Crippen molar-refractivity contribution in [3.63, 3.8) is 0 Å². The molecule has 122 valence electrons. The van der Waals surface area contributed by atoms with Crippen LogP contribution in [-0.2, 0) is 4.79 Å². The van der Waals surface area contributed by atoms with E-state index >= 15 is 0 Å². The van der Waals surface area contributed by atoms with Crippen LogP contribution >= 0.6 is 11.6 Å². The number of amides is 1. The second-order valence-corrected chi connectivity index (χ2v) is 6.58. The molecular formula is C15H15ClN2O5. The summed E-state index contributed by atoms with van der Waals surface area (Å²) in [7, 11) is 0. The van der Waals surface area contributed by atoms with E-state index < -0.39 is 10.9 Å². The summed E-state index contributed by atoms with van der Waals surface area (Å²) in [4.78, 5) is 35.3. The lowest BCUT2D eigenvalue weighted by Gasteiger charge is -2.32. The first-order chi connectivity index (χ1) is 10.8. The van der Waals surface area contributed by atoms with Gasteiger partial charge in [0, 0.05) is 25.2 Å². The summed E-state index contributed by atoms with van der Waals surface area (Å²) in [6.45, 7) is 0.964. The molecular weight excluding hydrogens is 324 g/mol. The third kappa shape index (κ3) is 2.76. The number of aliphatic carboxylic acids is 1. The Morgan fingerprint density at radius 1 is 1.35 bits per heavy atom. The average Bonchev–Trinajstić information content (AvgIpc) is 3.21. The van der Waals surface area contributed by atoms with Crippen LogP contribution in [-0.4, -0.2) is 39.9 Å². The van der Waals surface area contributed by atoms with Gasteiger partial charge < -0.3 is 10.0 Å². The number of benzene rings is 1. The van der Waals surface area contributed by atoms with Crippen molar-refractivity contribution in [2.75, 3.05) is 13.1 Å². The van der Waals surface area contributed by atoms with E-state index in [0.717, 1.165) is 0 Å². The molecule has 7 nitrogen and oxygen atoms in total. The predicted octanol–water partition coefficient (Wildman–Crippen LogP) is 2.58. The van der Waals surface area contributed by atoms with Gasteiger partial charge >= 0.3 is 5.97 Å². The molecule has 0 aromatic heterocycles. The van der Waals surface area contributed by atoms with Gasteiger partial charge in [-0.3, -0.25) is 19.7 Å². The number of likely N-dealkylation sites (tertiary alicyclic amines) is 1. The number of rotatable bonds is 3. The zero-order valence-corrected chi connectivity index (χ0v) is 13.0. The van der Waals surface area contributed by atoms with Crippen LogP contribution in [0.1, 0.15) is 29.6 Å². The first-order valence-electron chi connectivity index (χ1n) is 7.30. The molecule has 2 fully saturated rings. The number of carboxylic acid groups (broad SMARTS) is 1. The van der Waals surface area contributed by atoms with Crippen LogP contribution in [0.2, 0.25) is 5.02 Å². The number of hydrogen-bond acceptors (Lipinski definition) is 4. The fraction of sp³-hybridized carbons (Fsp3) is 0.467. The highest BCUT2D eigenvalue weighted by Gasteiger charge is 2.59. The fourth-order valence-electron chi connectivity index (χ4n) is 3.37. The summed E-state index contributed by atoms with van der Waals surface area (Å²) < 4.78 is 0. The van der Waals surface area contributed by atoms with Crippen LogP contribution in [0.15, 0.2) is 18.2 Å². The largest absolute Gasteiger partial charge is 0.481 e. The van der Waals surface area contributed by atoms with E-state index in [-0.39, 0.29) is 33.5 Å². The fourth-order valence-corrected chi connectivity index (χ4v) is 3.62. The molecule has 1 heterocycles. The lowest BCUT2D eigenvalue weighted by molar-refractivity contribution is -0.384. The van der Waals surface area contributed by atoms with Crippen LogP contribution in [0.5, 0.6) is 0 Å². The Morgan fingerprint density at radius 3 is 2.48 bits per heavy atom. The Labute approximate surface area is 137 Å². The Bertz CT molecular complexity index is 697. The maximum Gasteiger partial charge on any atom is 0.307 e. The van der Waals surface area contributed by atoms with Gasteiger partial charge in [-0.2, -0.15) is 0 Å². The molecule has 1 atom stereocenters. The van der Waals surface area contributed by atoms with Gasteiger partial charge in [0.1, 0.15) is 0 Å². The number of non-ortho nitro benzene ring substituents is 1. The number of carbonyl (C=O) groups is 2. The van der Waals surface area contributed by atoms with Crippen LogP contribution in [0.4, 0.5) is 5.69 Å². The van der Waals surface area contributed by atoms with Crippen molar-refractivity contribution in [2.45, 2.75) is 19.3 Å². The monoisotopic (exact) mass is 338 g/mol. The van der Waals surface area contributed by atoms with Gasteiger partial charge in [-0.1, -0.05) is 11.6 Å². The van der Waals surface area contributed by atoms with Crippen molar-refractivity contribution in [1.82, 2.24) is 4.90 Å². The van der Waals surface area contributed by atoms with E-state index in [0.29, 0.717) is 32.4 Å². The number of carboxylic acids is 1. The van der Waals surface area contributed by atoms with E-state index in [2.05, 4.69) is 0 Å². The first kappa shape index (κ1) is 15.7. The Kier molecular flexibility index (Phi) is 3.75. The number of nitrogens with zero attached hydrogens (tertiary/aromatic N) is 2. The van der Waals surface area contributed by atoms with Crippen molar-refractivity contribution < 1.29 is 19.6 Å². The number of halogens is 1. The van der Waals surface area contributed by atoms with E-state index in [4.69, 9.17) is 16.7 Å². The van der Waals surface area contributed by atoms with E-state index in [1.54, 1.807) is 4.90 Å². The molecule has 3 rings (SSSR count). The van der Waals surface area contributed by atoms with Crippen LogP contribution < -0.4 is 0 Å². The summed E-state index contributed by atoms with van der Waals surface area (Å²) in [6, 6.07) is 3.79. The molecule has 0 radical (unpaired) electrons. The average molecular weight is 339 g/mol. The van der Waals surface area contributed by atoms with Crippen molar-refractivity contribution >= 4 is 29.2 Å². The smallest absolute Gasteiger partial charge is 0.307 e. The quantitative estimate of drug-likeness (QED) is 0.674. The molecule has 8 heteroatoms. The number of hydrogen-bond donors (Lipinski definition) is 1. The molecule has 23 heavy (non-hydrogen) atoms. The van der Waals surface area contributed by atoms with Gasteiger partial charge in [0.25, 0.3) is 11.6 Å². The zero-order valence-electron chi connectivity index (χ0n) is 12.2. The Morgan fingerprint density at radius 2 is 2.00 bits per heavy atom. The van der Waals surface area contributed by atoms with E-state index in [1.165, 1.54) is 18.2 Å². The number of carbonyl (C=O) groups excluding carboxylic acids is 1. The third-order valence-electron chi connectivity index (χ3n) is 4.93. The highest BCUT2D eigenvalue weighted by molar-refractivity contribution is 6.34. The van der Waals surface area contributed by atoms with Crippen LogP contribution in [0, 0.1) is 21.4 Å². The van der Waals surface area contributed by atoms with Gasteiger partial charge in [0.15, 0.2) is 0 Å². The molecule has 1 aliphatic carbocycles. The van der Waals surface area contributed by atoms with Gasteiger partial charge in [0.2, 0.25) is 0 Å². The highest BCUT2D eigenvalue weighted by atomic mass is 35.5. The van der Waals surface area contributed by atoms with Crippen molar-refractivity contribution in [1.29, 1.82) is 0 Å². The second kappa shape index (κ2) is 5.49. The summed E-state index contributed by atoms with van der Waals surface area (Å²) in [5.74, 6) is -1.32. The molecule has 1 saturated carbocycles. The minimum absolute atomic E-state index is 0.0549. The van der Waals surface area contributed by atoms with Crippen LogP contribution in [0.3, 0.4) is 0 Å². The molecule has 1 aromatic carbocycles. The van der Waals surface area contributed by atoms with E-state index in [1.807, 2.05) is 0 Å². The Balaban J connectivity index is 1.68. The molecule has 1 N–H and O–H groups in total. The first-order valence-corrected chi connectivity index (χ1v) is 7.68. The maximum absolute atomic E-state index is 12.5. The minimum atomic E-state index is -0.761.